The Labute approximate surface area is 172 Å². The quantitative estimate of drug-likeness (QED) is 0.762. The molecule has 1 amide bonds. The molecule has 0 saturated heterocycles. The van der Waals surface area contributed by atoms with E-state index in [0.717, 1.165) is 23.2 Å². The van der Waals surface area contributed by atoms with Crippen molar-refractivity contribution in [2.75, 3.05) is 6.61 Å². The summed E-state index contributed by atoms with van der Waals surface area (Å²) in [6, 6.07) is 6.88. The van der Waals surface area contributed by atoms with Crippen LogP contribution in [0.15, 0.2) is 41.5 Å². The largest absolute Gasteiger partial charge is 0.443 e. The summed E-state index contributed by atoms with van der Waals surface area (Å²) in [4.78, 5) is 12.6. The van der Waals surface area contributed by atoms with Gasteiger partial charge in [0.25, 0.3) is 0 Å². The fourth-order valence-corrected chi connectivity index (χ4v) is 3.91. The van der Waals surface area contributed by atoms with Crippen molar-refractivity contribution in [3.05, 3.63) is 70.5 Å². The van der Waals surface area contributed by atoms with E-state index < -0.39 is 35.0 Å². The van der Waals surface area contributed by atoms with Crippen LogP contribution < -0.4 is 0 Å². The predicted octanol–water partition coefficient (Wildman–Crippen LogP) is 4.21. The minimum Gasteiger partial charge on any atom is -0.443 e. The molecule has 0 fully saturated rings. The second-order valence-electron chi connectivity index (χ2n) is 7.24. The minimum atomic E-state index is -1.62. The molecule has 0 aromatic heterocycles. The highest BCUT2D eigenvalue weighted by Gasteiger charge is 2.54. The third-order valence-corrected chi connectivity index (χ3v) is 5.32. The summed E-state index contributed by atoms with van der Waals surface area (Å²) in [7, 11) is 0. The van der Waals surface area contributed by atoms with Crippen LogP contribution in [0.5, 0.6) is 0 Å². The number of halogens is 3. The van der Waals surface area contributed by atoms with Crippen LogP contribution >= 0.6 is 0 Å². The lowest BCUT2D eigenvalue weighted by atomic mass is 9.82. The molecule has 1 aliphatic heterocycles. The number of carbonyl (C=O) groups is 1. The molecule has 2 aromatic carbocycles. The number of nitrogens with zero attached hydrogens (tertiary/aromatic N) is 2. The maximum atomic E-state index is 14.4. The number of aryl methyl sites for hydroxylation is 1. The van der Waals surface area contributed by atoms with Gasteiger partial charge in [0.2, 0.25) is 17.5 Å². The average Bonchev–Trinajstić information content (AvgIpc) is 3.11. The second kappa shape index (κ2) is 8.47. The van der Waals surface area contributed by atoms with Crippen LogP contribution in [0.25, 0.3) is 0 Å². The first-order valence-corrected chi connectivity index (χ1v) is 9.65. The minimum absolute atomic E-state index is 0.213. The molecule has 160 valence electrons. The van der Waals surface area contributed by atoms with E-state index in [1.807, 2.05) is 6.92 Å². The van der Waals surface area contributed by atoms with Gasteiger partial charge in [-0.05, 0) is 55.7 Å². The van der Waals surface area contributed by atoms with Gasteiger partial charge in [0, 0.05) is 25.0 Å². The smallest absolute Gasteiger partial charge is 0.244 e. The summed E-state index contributed by atoms with van der Waals surface area (Å²) in [6.45, 7) is 4.60. The summed E-state index contributed by atoms with van der Waals surface area (Å²) in [6.07, 6.45) is 0.652. The Morgan fingerprint density at radius 3 is 2.50 bits per heavy atom. The summed E-state index contributed by atoms with van der Waals surface area (Å²) in [5.41, 5.74) is -0.927. The van der Waals surface area contributed by atoms with Crippen molar-refractivity contribution in [2.24, 2.45) is 11.0 Å². The van der Waals surface area contributed by atoms with E-state index in [0.29, 0.717) is 17.5 Å². The summed E-state index contributed by atoms with van der Waals surface area (Å²) in [5, 5.41) is 14.8. The van der Waals surface area contributed by atoms with E-state index in [4.69, 9.17) is 4.74 Å². The van der Waals surface area contributed by atoms with E-state index in [2.05, 4.69) is 5.10 Å². The van der Waals surface area contributed by atoms with E-state index in [9.17, 15) is 23.1 Å². The SMILES string of the molecule is CCC(CCO)C1(c2cc(F)ccc2C)OC(c2cc(F)ccc2F)=NN1C(C)=O. The van der Waals surface area contributed by atoms with Crippen molar-refractivity contribution in [1.29, 1.82) is 0 Å². The van der Waals surface area contributed by atoms with E-state index >= 15 is 0 Å². The number of benzene rings is 2. The highest BCUT2D eigenvalue weighted by atomic mass is 19.1. The van der Waals surface area contributed by atoms with Crippen LogP contribution in [0, 0.1) is 30.3 Å². The Kier molecular flexibility index (Phi) is 6.17. The van der Waals surface area contributed by atoms with Gasteiger partial charge >= 0.3 is 0 Å². The van der Waals surface area contributed by atoms with Gasteiger partial charge in [-0.15, -0.1) is 5.10 Å². The fraction of sp³-hybridized carbons (Fsp3) is 0.364. The van der Waals surface area contributed by atoms with Gasteiger partial charge in [0.05, 0.1) is 5.56 Å². The number of hydrogen-bond donors (Lipinski definition) is 1. The van der Waals surface area contributed by atoms with Gasteiger partial charge < -0.3 is 9.84 Å². The zero-order valence-electron chi connectivity index (χ0n) is 17.0. The number of hydrogen-bond acceptors (Lipinski definition) is 4. The fourth-order valence-electron chi connectivity index (χ4n) is 3.91. The standard InChI is InChI=1S/C22H23F3N2O3/c1-4-15(9-10-28)22(19-12-17(24)6-5-13(19)2)27(14(3)29)26-21(30-22)18-11-16(23)7-8-20(18)25/h5-8,11-12,15,28H,4,9-10H2,1-3H3. The van der Waals surface area contributed by atoms with E-state index in [-0.39, 0.29) is 24.5 Å². The summed E-state index contributed by atoms with van der Waals surface area (Å²) < 4.78 is 48.6. The number of ether oxygens (including phenoxy) is 1. The van der Waals surface area contributed by atoms with Crippen molar-refractivity contribution in [3.8, 4) is 0 Å². The number of amides is 1. The van der Waals surface area contributed by atoms with Crippen molar-refractivity contribution >= 4 is 11.8 Å². The van der Waals surface area contributed by atoms with Gasteiger partial charge in [-0.1, -0.05) is 13.0 Å². The van der Waals surface area contributed by atoms with Gasteiger partial charge in [-0.2, -0.15) is 5.01 Å². The van der Waals surface area contributed by atoms with E-state index in [1.54, 1.807) is 13.0 Å². The topological polar surface area (TPSA) is 62.1 Å². The second-order valence-corrected chi connectivity index (χ2v) is 7.24. The van der Waals surface area contributed by atoms with Crippen LogP contribution in [-0.2, 0) is 15.3 Å². The van der Waals surface area contributed by atoms with Gasteiger partial charge in [0.1, 0.15) is 17.5 Å². The van der Waals surface area contributed by atoms with Gasteiger partial charge in [0.15, 0.2) is 0 Å². The lowest BCUT2D eigenvalue weighted by Gasteiger charge is -2.41. The first-order valence-electron chi connectivity index (χ1n) is 9.65. The average molecular weight is 420 g/mol. The molecule has 3 rings (SSSR count). The van der Waals surface area contributed by atoms with Gasteiger partial charge in [-0.3, -0.25) is 4.79 Å². The third kappa shape index (κ3) is 3.67. The lowest BCUT2D eigenvalue weighted by Crippen LogP contribution is -2.50. The Balaban J connectivity index is 2.27. The van der Waals surface area contributed by atoms with Crippen LogP contribution in [0.2, 0.25) is 0 Å². The maximum absolute atomic E-state index is 14.4. The number of carbonyl (C=O) groups excluding carboxylic acids is 1. The van der Waals surface area contributed by atoms with Crippen LogP contribution in [0.3, 0.4) is 0 Å². The molecule has 0 radical (unpaired) electrons. The van der Waals surface area contributed by atoms with Crippen LogP contribution in [-0.4, -0.2) is 28.5 Å². The van der Waals surface area contributed by atoms with E-state index in [1.165, 1.54) is 19.1 Å². The third-order valence-electron chi connectivity index (χ3n) is 5.32. The number of aliphatic hydroxyl groups excluding tert-OH is 1. The zero-order valence-corrected chi connectivity index (χ0v) is 17.0. The first-order chi connectivity index (χ1) is 14.2. The van der Waals surface area contributed by atoms with Crippen molar-refractivity contribution in [1.82, 2.24) is 5.01 Å². The highest BCUT2D eigenvalue weighted by Crippen LogP contribution is 2.47. The van der Waals surface area contributed by atoms with Crippen LogP contribution in [0.4, 0.5) is 13.2 Å². The molecular weight excluding hydrogens is 397 g/mol. The molecule has 0 bridgehead atoms. The lowest BCUT2D eigenvalue weighted by molar-refractivity contribution is -0.162. The number of aliphatic hydroxyl groups is 1. The molecule has 30 heavy (non-hydrogen) atoms. The highest BCUT2D eigenvalue weighted by molar-refractivity contribution is 5.97. The summed E-state index contributed by atoms with van der Waals surface area (Å²) in [5.74, 6) is -3.35. The molecular formula is C22H23F3N2O3. The molecule has 0 saturated carbocycles. The summed E-state index contributed by atoms with van der Waals surface area (Å²) >= 11 is 0. The monoisotopic (exact) mass is 420 g/mol. The molecule has 1 heterocycles. The molecule has 1 aliphatic rings. The molecule has 5 nitrogen and oxygen atoms in total. The Morgan fingerprint density at radius 1 is 1.20 bits per heavy atom. The molecule has 2 atom stereocenters. The molecule has 0 aliphatic carbocycles. The predicted molar refractivity (Wildman–Crippen MR) is 105 cm³/mol. The Hall–Kier alpha value is -2.87. The molecule has 8 heteroatoms. The molecule has 2 unspecified atom stereocenters. The van der Waals surface area contributed by atoms with Gasteiger partial charge in [-0.25, -0.2) is 13.2 Å². The molecule has 0 spiro atoms. The number of rotatable bonds is 6. The maximum Gasteiger partial charge on any atom is 0.244 e. The Bertz CT molecular complexity index is 996. The Morgan fingerprint density at radius 2 is 1.87 bits per heavy atom. The zero-order chi connectivity index (χ0) is 22.1. The van der Waals surface area contributed by atoms with Crippen molar-refractivity contribution in [3.63, 3.8) is 0 Å². The first kappa shape index (κ1) is 21.8. The molecule has 1 N–H and O–H groups in total. The molecule has 2 aromatic rings. The van der Waals surface area contributed by atoms with Crippen LogP contribution in [0.1, 0.15) is 43.4 Å². The van der Waals surface area contributed by atoms with Crippen molar-refractivity contribution in [2.45, 2.75) is 39.3 Å². The van der Waals surface area contributed by atoms with Crippen molar-refractivity contribution < 1.29 is 27.8 Å². The number of hydrazone groups is 1. The normalized spacial score (nSPS) is 19.4.